The second kappa shape index (κ2) is 15.3. The van der Waals surface area contributed by atoms with E-state index < -0.39 is 5.56 Å². The Balaban J connectivity index is 1.63. The van der Waals surface area contributed by atoms with Crippen molar-refractivity contribution in [3.63, 3.8) is 0 Å². The average molecular weight is 626 g/mol. The zero-order valence-corrected chi connectivity index (χ0v) is 28.8. The lowest BCUT2D eigenvalue weighted by Crippen LogP contribution is -2.48. The fourth-order valence-corrected chi connectivity index (χ4v) is 8.06. The highest BCUT2D eigenvalue weighted by Crippen LogP contribution is 2.50. The Hall–Kier alpha value is -2.31. The molecule has 0 spiro atoms. The molecule has 2 saturated carbocycles. The molecule has 2 fully saturated rings. The maximum atomic E-state index is 13.6. The van der Waals surface area contributed by atoms with Gasteiger partial charge in [0.2, 0.25) is 0 Å². The monoisotopic (exact) mass is 625 g/mol. The number of H-pyrrole nitrogens is 1. The molecule has 7 heteroatoms. The summed E-state index contributed by atoms with van der Waals surface area (Å²) in [6.07, 6.45) is 13.9. The van der Waals surface area contributed by atoms with Crippen molar-refractivity contribution in [3.05, 3.63) is 62.5 Å². The van der Waals surface area contributed by atoms with E-state index in [0.717, 1.165) is 57.4 Å². The summed E-state index contributed by atoms with van der Waals surface area (Å²) < 4.78 is 0. The molecule has 6 nitrogen and oxygen atoms in total. The van der Waals surface area contributed by atoms with E-state index in [0.29, 0.717) is 22.7 Å². The molecule has 5 atom stereocenters. The zero-order valence-electron chi connectivity index (χ0n) is 28.0. The zero-order chi connectivity index (χ0) is 32.0. The van der Waals surface area contributed by atoms with Crippen molar-refractivity contribution in [2.24, 2.45) is 17.8 Å². The van der Waals surface area contributed by atoms with Crippen LogP contribution >= 0.6 is 11.6 Å². The minimum atomic E-state index is -0.415. The van der Waals surface area contributed by atoms with E-state index in [9.17, 15) is 14.7 Å². The molecule has 1 amide bonds. The highest BCUT2D eigenvalue weighted by Gasteiger charge is 2.44. The fourth-order valence-electron chi connectivity index (χ4n) is 7.89. The number of rotatable bonds is 15. The number of pyridine rings is 1. The predicted molar refractivity (Wildman–Crippen MR) is 182 cm³/mol. The van der Waals surface area contributed by atoms with Gasteiger partial charge >= 0.3 is 0 Å². The van der Waals surface area contributed by atoms with E-state index in [1.165, 1.54) is 55.6 Å². The Morgan fingerprint density at radius 2 is 1.91 bits per heavy atom. The summed E-state index contributed by atoms with van der Waals surface area (Å²) in [4.78, 5) is 33.2. The van der Waals surface area contributed by atoms with Gasteiger partial charge in [-0.2, -0.15) is 0 Å². The van der Waals surface area contributed by atoms with Crippen LogP contribution in [0.2, 0.25) is 5.02 Å². The number of phenols is 1. The van der Waals surface area contributed by atoms with E-state index in [2.05, 4.69) is 50.6 Å². The van der Waals surface area contributed by atoms with Gasteiger partial charge in [0.1, 0.15) is 11.3 Å². The maximum Gasteiger partial charge on any atom is 0.260 e. The van der Waals surface area contributed by atoms with E-state index in [4.69, 9.17) is 11.6 Å². The van der Waals surface area contributed by atoms with Crippen molar-refractivity contribution >= 4 is 17.5 Å². The standard InChI is InChI=1S/C37H56ClN3O3/c1-7-10-26(4)41(24-28-12-13-28)19-9-17-37(34-21-31(42)15-14-29(34)11-8-2)18-16-25(3)33(22-37)27(5)40(6)36(44)32-20-30(38)23-39-35(32)43/h14-15,20-21,23,25-28,33,42H,7-13,16-19,22,24H2,1-6H3,(H,39,43)/t25-,26?,27?,33?,37?/m0/s1. The average Bonchev–Trinajstić information content (AvgIpc) is 3.83. The van der Waals surface area contributed by atoms with E-state index in [1.54, 1.807) is 4.90 Å². The first-order valence-electron chi connectivity index (χ1n) is 17.2. The number of aromatic amines is 1. The number of halogens is 1. The Bertz CT molecular complexity index is 1310. The van der Waals surface area contributed by atoms with Crippen molar-refractivity contribution in [2.75, 3.05) is 20.1 Å². The second-order valence-electron chi connectivity index (χ2n) is 14.2. The number of amides is 1. The first-order chi connectivity index (χ1) is 21.0. The number of aromatic nitrogens is 1. The van der Waals surface area contributed by atoms with Gasteiger partial charge in [-0.3, -0.25) is 9.59 Å². The number of phenolic OH excluding ortho intramolecular Hbond substituents is 1. The number of carbonyl (C=O) groups is 1. The molecule has 1 aromatic heterocycles. The first kappa shape index (κ1) is 34.6. The fraction of sp³-hybridized carbons (Fsp3) is 0.676. The largest absolute Gasteiger partial charge is 0.508 e. The summed E-state index contributed by atoms with van der Waals surface area (Å²) in [5.41, 5.74) is 2.23. The number of aryl methyl sites for hydroxylation is 1. The molecule has 0 bridgehead atoms. The van der Waals surface area contributed by atoms with Crippen LogP contribution in [0.5, 0.6) is 5.75 Å². The van der Waals surface area contributed by atoms with E-state index >= 15 is 0 Å². The Labute approximate surface area is 270 Å². The van der Waals surface area contributed by atoms with Gasteiger partial charge in [-0.15, -0.1) is 0 Å². The van der Waals surface area contributed by atoms with Crippen LogP contribution in [0.3, 0.4) is 0 Å². The van der Waals surface area contributed by atoms with Crippen molar-refractivity contribution in [1.29, 1.82) is 0 Å². The molecule has 0 aliphatic heterocycles. The van der Waals surface area contributed by atoms with Crippen LogP contribution in [-0.4, -0.2) is 58.0 Å². The third-order valence-electron chi connectivity index (χ3n) is 10.9. The molecule has 0 saturated heterocycles. The van der Waals surface area contributed by atoms with Gasteiger partial charge < -0.3 is 19.9 Å². The SMILES string of the molecule is CCCc1ccc(O)cc1C1(CCCN(CC2CC2)C(C)CCC)CC[C@H](C)C(C(C)N(C)C(=O)c2cc(Cl)c[nH]c2=O)C1. The quantitative estimate of drug-likeness (QED) is 0.209. The van der Waals surface area contributed by atoms with Crippen LogP contribution in [-0.2, 0) is 11.8 Å². The first-order valence-corrected chi connectivity index (χ1v) is 17.6. The minimum Gasteiger partial charge on any atom is -0.508 e. The van der Waals surface area contributed by atoms with Crippen LogP contribution in [0.15, 0.2) is 35.3 Å². The lowest BCUT2D eigenvalue weighted by atomic mass is 9.58. The number of hydrogen-bond acceptors (Lipinski definition) is 4. The van der Waals surface area contributed by atoms with Gasteiger partial charge in [0.25, 0.3) is 11.5 Å². The maximum absolute atomic E-state index is 13.6. The number of hydrogen-bond donors (Lipinski definition) is 2. The van der Waals surface area contributed by atoms with Crippen molar-refractivity contribution in [3.8, 4) is 5.75 Å². The van der Waals surface area contributed by atoms with Gasteiger partial charge in [0.15, 0.2) is 0 Å². The van der Waals surface area contributed by atoms with Gasteiger partial charge in [-0.1, -0.05) is 51.3 Å². The number of benzene rings is 1. The minimum absolute atomic E-state index is 0.0709. The summed E-state index contributed by atoms with van der Waals surface area (Å²) in [7, 11) is 1.82. The molecule has 4 unspecified atom stereocenters. The third-order valence-corrected chi connectivity index (χ3v) is 11.1. The Kier molecular flexibility index (Phi) is 12.0. The van der Waals surface area contributed by atoms with Crippen LogP contribution in [0.1, 0.15) is 120 Å². The van der Waals surface area contributed by atoms with Gasteiger partial charge in [0.05, 0.1) is 5.02 Å². The lowest BCUT2D eigenvalue weighted by molar-refractivity contribution is 0.0487. The van der Waals surface area contributed by atoms with Crippen molar-refractivity contribution in [1.82, 2.24) is 14.8 Å². The molecule has 2 aromatic rings. The molecular weight excluding hydrogens is 570 g/mol. The molecular formula is C37H56ClN3O3. The number of nitrogens with one attached hydrogen (secondary N) is 1. The molecule has 1 heterocycles. The highest BCUT2D eigenvalue weighted by atomic mass is 35.5. The summed E-state index contributed by atoms with van der Waals surface area (Å²) >= 11 is 6.15. The smallest absolute Gasteiger partial charge is 0.260 e. The topological polar surface area (TPSA) is 76.6 Å². The summed E-state index contributed by atoms with van der Waals surface area (Å²) in [6.45, 7) is 13.7. The molecule has 2 aliphatic carbocycles. The van der Waals surface area contributed by atoms with Crippen LogP contribution < -0.4 is 5.56 Å². The van der Waals surface area contributed by atoms with Crippen molar-refractivity contribution < 1.29 is 9.90 Å². The van der Waals surface area contributed by atoms with Gasteiger partial charge in [0, 0.05) is 31.9 Å². The molecule has 244 valence electrons. The molecule has 44 heavy (non-hydrogen) atoms. The lowest BCUT2D eigenvalue weighted by Gasteiger charge is -2.49. The van der Waals surface area contributed by atoms with Gasteiger partial charge in [-0.25, -0.2) is 0 Å². The molecule has 2 N–H and O–H groups in total. The highest BCUT2D eigenvalue weighted by molar-refractivity contribution is 6.30. The molecule has 2 aliphatic rings. The van der Waals surface area contributed by atoms with Crippen LogP contribution in [0, 0.1) is 17.8 Å². The second-order valence-corrected chi connectivity index (χ2v) is 14.6. The summed E-state index contributed by atoms with van der Waals surface area (Å²) in [5, 5.41) is 11.1. The van der Waals surface area contributed by atoms with Crippen molar-refractivity contribution in [2.45, 2.75) is 123 Å². The van der Waals surface area contributed by atoms with E-state index in [1.807, 2.05) is 19.2 Å². The molecule has 4 rings (SSSR count). The third kappa shape index (κ3) is 8.28. The van der Waals surface area contributed by atoms with Gasteiger partial charge in [-0.05, 0) is 131 Å². The predicted octanol–water partition coefficient (Wildman–Crippen LogP) is 8.20. The molecule has 0 radical (unpaired) electrons. The number of aromatic hydroxyl groups is 1. The number of nitrogens with zero attached hydrogens (tertiary/aromatic N) is 2. The van der Waals surface area contributed by atoms with E-state index in [-0.39, 0.29) is 28.8 Å². The summed E-state index contributed by atoms with van der Waals surface area (Å²) in [5.74, 6) is 1.57. The Morgan fingerprint density at radius 3 is 2.59 bits per heavy atom. The van der Waals surface area contributed by atoms with Crippen LogP contribution in [0.4, 0.5) is 0 Å². The van der Waals surface area contributed by atoms with Crippen LogP contribution in [0.25, 0.3) is 0 Å². The number of carbonyl (C=O) groups excluding carboxylic acids is 1. The summed E-state index contributed by atoms with van der Waals surface area (Å²) in [6, 6.07) is 8.02. The Morgan fingerprint density at radius 1 is 1.16 bits per heavy atom. The molecule has 1 aromatic carbocycles. The normalized spacial score (nSPS) is 23.5.